The number of benzene rings is 1. The minimum Gasteiger partial charge on any atom is -0.377 e. The third-order valence-electron chi connectivity index (χ3n) is 2.61. The molecule has 0 aliphatic heterocycles. The van der Waals surface area contributed by atoms with Crippen LogP contribution in [0.15, 0.2) is 12.1 Å². The summed E-state index contributed by atoms with van der Waals surface area (Å²) in [6, 6.07) is 1.62. The molecule has 0 aromatic heterocycles. The molecule has 0 fully saturated rings. The average molecular weight is 247 g/mol. The van der Waals surface area contributed by atoms with Crippen molar-refractivity contribution < 1.29 is 17.9 Å². The second-order valence-corrected chi connectivity index (χ2v) is 3.69. The molecule has 17 heavy (non-hydrogen) atoms. The number of hydrogen-bond acceptors (Lipinski definition) is 2. The Morgan fingerprint density at radius 2 is 1.88 bits per heavy atom. The lowest BCUT2D eigenvalue weighted by molar-refractivity contribution is 0.0481. The van der Waals surface area contributed by atoms with Crippen LogP contribution in [0.2, 0.25) is 0 Å². The van der Waals surface area contributed by atoms with E-state index in [-0.39, 0.29) is 11.7 Å². The largest absolute Gasteiger partial charge is 0.377 e. The van der Waals surface area contributed by atoms with Crippen molar-refractivity contribution >= 4 is 0 Å². The van der Waals surface area contributed by atoms with E-state index in [2.05, 4.69) is 5.32 Å². The SMILES string of the molecule is CCOC(C)C(NC)c1ccc(F)c(F)c1F. The summed E-state index contributed by atoms with van der Waals surface area (Å²) >= 11 is 0. The van der Waals surface area contributed by atoms with Crippen LogP contribution in [-0.2, 0) is 4.74 Å². The quantitative estimate of drug-likeness (QED) is 0.808. The Kier molecular flexibility index (Phi) is 4.96. The molecule has 0 radical (unpaired) electrons. The van der Waals surface area contributed by atoms with E-state index in [1.165, 1.54) is 6.07 Å². The first-order chi connectivity index (χ1) is 8.02. The topological polar surface area (TPSA) is 21.3 Å². The molecule has 0 bridgehead atoms. The zero-order chi connectivity index (χ0) is 13.0. The third kappa shape index (κ3) is 2.98. The van der Waals surface area contributed by atoms with Gasteiger partial charge in [-0.15, -0.1) is 0 Å². The number of likely N-dealkylation sites (N-methyl/N-ethyl adjacent to an activating group) is 1. The lowest BCUT2D eigenvalue weighted by Gasteiger charge is -2.24. The van der Waals surface area contributed by atoms with E-state index in [0.717, 1.165) is 6.07 Å². The Hall–Kier alpha value is -1.07. The van der Waals surface area contributed by atoms with E-state index in [0.29, 0.717) is 6.61 Å². The predicted octanol–water partition coefficient (Wildman–Crippen LogP) is 2.79. The molecule has 1 rings (SSSR count). The first-order valence-electron chi connectivity index (χ1n) is 5.45. The summed E-state index contributed by atoms with van der Waals surface area (Å²) in [7, 11) is 1.61. The molecule has 2 atom stereocenters. The molecular formula is C12H16F3NO. The summed E-state index contributed by atoms with van der Waals surface area (Å²) in [5.41, 5.74) is 0.0624. The van der Waals surface area contributed by atoms with Crippen molar-refractivity contribution in [3.05, 3.63) is 35.1 Å². The van der Waals surface area contributed by atoms with Crippen LogP contribution < -0.4 is 5.32 Å². The Bertz CT molecular complexity index is 384. The van der Waals surface area contributed by atoms with Gasteiger partial charge in [-0.05, 0) is 27.0 Å². The van der Waals surface area contributed by atoms with E-state index in [4.69, 9.17) is 4.74 Å². The molecular weight excluding hydrogens is 231 g/mol. The van der Waals surface area contributed by atoms with E-state index in [1.807, 2.05) is 6.92 Å². The van der Waals surface area contributed by atoms with Gasteiger partial charge in [-0.1, -0.05) is 6.07 Å². The standard InChI is InChI=1S/C12H16F3NO/c1-4-17-7(2)12(16-3)8-5-6-9(13)11(15)10(8)14/h5-7,12,16H,4H2,1-3H3. The molecule has 2 nitrogen and oxygen atoms in total. The highest BCUT2D eigenvalue weighted by atomic mass is 19.2. The van der Waals surface area contributed by atoms with Crippen LogP contribution >= 0.6 is 0 Å². The average Bonchev–Trinajstić information content (AvgIpc) is 2.30. The van der Waals surface area contributed by atoms with Crippen LogP contribution in [0.3, 0.4) is 0 Å². The van der Waals surface area contributed by atoms with E-state index >= 15 is 0 Å². The van der Waals surface area contributed by atoms with Crippen molar-refractivity contribution in [3.8, 4) is 0 Å². The van der Waals surface area contributed by atoms with Gasteiger partial charge in [-0.3, -0.25) is 0 Å². The molecule has 1 aromatic carbocycles. The van der Waals surface area contributed by atoms with Crippen LogP contribution in [0.5, 0.6) is 0 Å². The fourth-order valence-corrected chi connectivity index (χ4v) is 1.78. The van der Waals surface area contributed by atoms with Crippen LogP contribution in [0.1, 0.15) is 25.5 Å². The van der Waals surface area contributed by atoms with Crippen LogP contribution in [0.4, 0.5) is 13.2 Å². The minimum absolute atomic E-state index is 0.0624. The van der Waals surface area contributed by atoms with E-state index < -0.39 is 23.5 Å². The number of ether oxygens (including phenoxy) is 1. The maximum atomic E-state index is 13.6. The first kappa shape index (κ1) is 14.0. The highest BCUT2D eigenvalue weighted by Crippen LogP contribution is 2.24. The molecule has 5 heteroatoms. The molecule has 0 heterocycles. The van der Waals surface area contributed by atoms with Gasteiger partial charge in [0.15, 0.2) is 17.5 Å². The van der Waals surface area contributed by atoms with Crippen molar-refractivity contribution in [2.45, 2.75) is 26.0 Å². The number of nitrogens with one attached hydrogen (secondary N) is 1. The fourth-order valence-electron chi connectivity index (χ4n) is 1.78. The zero-order valence-electron chi connectivity index (χ0n) is 10.1. The second-order valence-electron chi connectivity index (χ2n) is 3.69. The number of halogens is 3. The number of hydrogen-bond donors (Lipinski definition) is 1. The summed E-state index contributed by atoms with van der Waals surface area (Å²) in [5.74, 6) is -3.81. The highest BCUT2D eigenvalue weighted by molar-refractivity contribution is 5.24. The van der Waals surface area contributed by atoms with Crippen molar-refractivity contribution in [1.29, 1.82) is 0 Å². The van der Waals surface area contributed by atoms with Crippen LogP contribution in [0.25, 0.3) is 0 Å². The lowest BCUT2D eigenvalue weighted by atomic mass is 10.0. The zero-order valence-corrected chi connectivity index (χ0v) is 10.1. The van der Waals surface area contributed by atoms with Gasteiger partial charge in [0.05, 0.1) is 12.1 Å². The lowest BCUT2D eigenvalue weighted by Crippen LogP contribution is -2.30. The number of rotatable bonds is 5. The fraction of sp³-hybridized carbons (Fsp3) is 0.500. The van der Waals surface area contributed by atoms with Gasteiger partial charge in [0, 0.05) is 12.2 Å². The smallest absolute Gasteiger partial charge is 0.194 e. The van der Waals surface area contributed by atoms with E-state index in [1.54, 1.807) is 14.0 Å². The van der Waals surface area contributed by atoms with Crippen molar-refractivity contribution in [2.75, 3.05) is 13.7 Å². The normalized spacial score (nSPS) is 14.7. The van der Waals surface area contributed by atoms with Crippen molar-refractivity contribution in [1.82, 2.24) is 5.32 Å². The summed E-state index contributed by atoms with van der Waals surface area (Å²) in [6.45, 7) is 4.01. The van der Waals surface area contributed by atoms with Crippen molar-refractivity contribution in [3.63, 3.8) is 0 Å². The highest BCUT2D eigenvalue weighted by Gasteiger charge is 2.24. The van der Waals surface area contributed by atoms with Crippen LogP contribution in [0, 0.1) is 17.5 Å². The Balaban J connectivity index is 3.08. The molecule has 0 saturated heterocycles. The second kappa shape index (κ2) is 6.02. The molecule has 1 aromatic rings. The third-order valence-corrected chi connectivity index (χ3v) is 2.61. The molecule has 0 aliphatic rings. The maximum Gasteiger partial charge on any atom is 0.194 e. The van der Waals surface area contributed by atoms with E-state index in [9.17, 15) is 13.2 Å². The van der Waals surface area contributed by atoms with Crippen molar-refractivity contribution in [2.24, 2.45) is 0 Å². The Morgan fingerprint density at radius 3 is 2.41 bits per heavy atom. The van der Waals surface area contributed by atoms with Gasteiger partial charge in [0.1, 0.15) is 0 Å². The summed E-state index contributed by atoms with van der Waals surface area (Å²) in [4.78, 5) is 0. The Morgan fingerprint density at radius 1 is 1.24 bits per heavy atom. The maximum absolute atomic E-state index is 13.6. The van der Waals surface area contributed by atoms with Gasteiger partial charge in [0.25, 0.3) is 0 Å². The summed E-state index contributed by atoms with van der Waals surface area (Å²) in [5, 5.41) is 2.84. The molecule has 96 valence electrons. The van der Waals surface area contributed by atoms with Gasteiger partial charge >= 0.3 is 0 Å². The molecule has 0 amide bonds. The molecule has 2 unspecified atom stereocenters. The monoisotopic (exact) mass is 247 g/mol. The van der Waals surface area contributed by atoms with Gasteiger partial charge in [-0.2, -0.15) is 0 Å². The molecule has 0 spiro atoms. The minimum atomic E-state index is -1.45. The Labute approximate surface area is 98.8 Å². The summed E-state index contributed by atoms with van der Waals surface area (Å²) in [6.07, 6.45) is -0.343. The molecule has 1 N–H and O–H groups in total. The van der Waals surface area contributed by atoms with Gasteiger partial charge in [0.2, 0.25) is 0 Å². The summed E-state index contributed by atoms with van der Waals surface area (Å²) < 4.78 is 44.8. The van der Waals surface area contributed by atoms with Crippen LogP contribution in [-0.4, -0.2) is 19.8 Å². The molecule has 0 saturated carbocycles. The van der Waals surface area contributed by atoms with Gasteiger partial charge in [-0.25, -0.2) is 13.2 Å². The van der Waals surface area contributed by atoms with Gasteiger partial charge < -0.3 is 10.1 Å². The molecule has 0 aliphatic carbocycles. The predicted molar refractivity (Wildman–Crippen MR) is 59.2 cm³/mol. The first-order valence-corrected chi connectivity index (χ1v) is 5.45.